The zero-order chi connectivity index (χ0) is 7.98. The van der Waals surface area contributed by atoms with Crippen molar-refractivity contribution >= 4 is 5.91 Å². The lowest BCUT2D eigenvalue weighted by molar-refractivity contribution is -0.846. The van der Waals surface area contributed by atoms with E-state index >= 15 is 0 Å². The van der Waals surface area contributed by atoms with E-state index < -0.39 is 0 Å². The van der Waals surface area contributed by atoms with Crippen molar-refractivity contribution in [1.82, 2.24) is 5.32 Å². The van der Waals surface area contributed by atoms with Crippen LogP contribution in [0.5, 0.6) is 0 Å². The zero-order valence-electron chi connectivity index (χ0n) is 6.74. The number of hydrogen-bond acceptors (Lipinski definition) is 1. The number of quaternary nitrogens is 1. The van der Waals surface area contributed by atoms with Crippen LogP contribution in [0.3, 0.4) is 0 Å². The standard InChI is InChI=1S/C5H10N2O.C2H6.2CH4/c1-7-3-2-6-5(8)4-7;1-2;;/h7H,1-4H2,(H,6,8);1-2H3;2*1H4. The first-order chi connectivity index (χ1) is 4.79. The molecule has 1 aliphatic heterocycles. The second kappa shape index (κ2) is 10.4. The Labute approximate surface area is 77.1 Å². The first kappa shape index (κ1) is 17.5. The topological polar surface area (TPSA) is 33.5 Å². The highest BCUT2D eigenvalue weighted by molar-refractivity contribution is 5.77. The molecule has 1 heterocycles. The van der Waals surface area contributed by atoms with Crippen LogP contribution in [0.2, 0.25) is 0 Å². The van der Waals surface area contributed by atoms with Gasteiger partial charge in [0.2, 0.25) is 0 Å². The van der Waals surface area contributed by atoms with Gasteiger partial charge in [0.15, 0.2) is 0 Å². The number of hydrogen-bond donors (Lipinski definition) is 2. The maximum absolute atomic E-state index is 10.5. The Bertz CT molecular complexity index is 105. The Kier molecular flexibility index (Phi) is 15.2. The lowest BCUT2D eigenvalue weighted by atomic mass is 10.4. The molecule has 3 nitrogen and oxygen atoms in total. The summed E-state index contributed by atoms with van der Waals surface area (Å²) in [5, 5.41) is 2.71. The predicted molar refractivity (Wildman–Crippen MR) is 53.9 cm³/mol. The summed E-state index contributed by atoms with van der Waals surface area (Å²) in [6.45, 7) is 6.25. The number of nitrogens with one attached hydrogen (secondary N) is 2. The molecule has 2 N–H and O–H groups in total. The van der Waals surface area contributed by atoms with Crippen LogP contribution in [0, 0.1) is 7.05 Å². The van der Waals surface area contributed by atoms with Gasteiger partial charge in [-0.3, -0.25) is 4.79 Å². The maximum Gasteiger partial charge on any atom is 0.273 e. The van der Waals surface area contributed by atoms with Gasteiger partial charge < -0.3 is 10.2 Å². The SMILES string of the molecule is C.C.CC.[CH2-][NH+]1CCNC(=O)C1. The van der Waals surface area contributed by atoms with Crippen molar-refractivity contribution in [2.45, 2.75) is 28.7 Å². The van der Waals surface area contributed by atoms with E-state index in [1.165, 1.54) is 0 Å². The van der Waals surface area contributed by atoms with E-state index in [9.17, 15) is 4.79 Å². The normalized spacial score (nSPS) is 20.2. The summed E-state index contributed by atoms with van der Waals surface area (Å²) in [5.41, 5.74) is 0. The van der Waals surface area contributed by atoms with E-state index in [1.54, 1.807) is 0 Å². The molecule has 1 rings (SSSR count). The Morgan fingerprint density at radius 1 is 1.42 bits per heavy atom. The largest absolute Gasteiger partial charge is 0.459 e. The van der Waals surface area contributed by atoms with Gasteiger partial charge in [0, 0.05) is 0 Å². The van der Waals surface area contributed by atoms with Crippen molar-refractivity contribution in [3.05, 3.63) is 7.05 Å². The summed E-state index contributed by atoms with van der Waals surface area (Å²) >= 11 is 0. The Hall–Kier alpha value is -0.570. The summed E-state index contributed by atoms with van der Waals surface area (Å²) in [6.07, 6.45) is 0. The molecule has 0 aromatic rings. The highest BCUT2D eigenvalue weighted by Crippen LogP contribution is 1.63. The minimum atomic E-state index is 0. The second-order valence-electron chi connectivity index (χ2n) is 2.03. The fourth-order valence-corrected chi connectivity index (χ4v) is 0.757. The molecular weight excluding hydrogens is 152 g/mol. The highest BCUT2D eigenvalue weighted by atomic mass is 16.2. The van der Waals surface area contributed by atoms with E-state index in [2.05, 4.69) is 12.4 Å². The summed E-state index contributed by atoms with van der Waals surface area (Å²) in [7, 11) is 3.70. The Balaban J connectivity index is -0.000000189. The van der Waals surface area contributed by atoms with Gasteiger partial charge in [-0.15, -0.1) is 0 Å². The highest BCUT2D eigenvalue weighted by Gasteiger charge is 2.10. The van der Waals surface area contributed by atoms with Crippen LogP contribution in [-0.2, 0) is 4.79 Å². The van der Waals surface area contributed by atoms with Gasteiger partial charge in [0.05, 0.1) is 13.1 Å². The molecular formula is C9H24N2O. The van der Waals surface area contributed by atoms with Crippen LogP contribution >= 0.6 is 0 Å². The first-order valence-electron chi connectivity index (χ1n) is 3.72. The van der Waals surface area contributed by atoms with E-state index in [1.807, 2.05) is 13.8 Å². The van der Waals surface area contributed by atoms with Gasteiger partial charge in [0.25, 0.3) is 5.91 Å². The van der Waals surface area contributed by atoms with Crippen molar-refractivity contribution in [3.8, 4) is 0 Å². The predicted octanol–water partition coefficient (Wildman–Crippen LogP) is 0.0911. The van der Waals surface area contributed by atoms with Crippen molar-refractivity contribution < 1.29 is 9.69 Å². The van der Waals surface area contributed by atoms with Crippen LogP contribution in [0.1, 0.15) is 28.7 Å². The van der Waals surface area contributed by atoms with Crippen molar-refractivity contribution in [3.63, 3.8) is 0 Å². The lowest BCUT2D eigenvalue weighted by Gasteiger charge is -2.24. The minimum absolute atomic E-state index is 0. The van der Waals surface area contributed by atoms with E-state index in [0.29, 0.717) is 6.54 Å². The van der Waals surface area contributed by atoms with Gasteiger partial charge in [-0.1, -0.05) is 28.7 Å². The molecule has 0 aromatic heterocycles. The number of carbonyl (C=O) groups is 1. The van der Waals surface area contributed by atoms with Gasteiger partial charge in [-0.05, 0) is 0 Å². The molecule has 1 aliphatic rings. The number of amides is 1. The Morgan fingerprint density at radius 2 is 1.92 bits per heavy atom. The molecule has 12 heavy (non-hydrogen) atoms. The quantitative estimate of drug-likeness (QED) is 0.504. The van der Waals surface area contributed by atoms with Gasteiger partial charge >= 0.3 is 0 Å². The smallest absolute Gasteiger partial charge is 0.273 e. The lowest BCUT2D eigenvalue weighted by Crippen LogP contribution is -3.10. The third-order valence-electron chi connectivity index (χ3n) is 1.21. The van der Waals surface area contributed by atoms with E-state index in [0.717, 1.165) is 18.0 Å². The molecule has 0 radical (unpaired) electrons. The molecule has 0 bridgehead atoms. The molecule has 0 aliphatic carbocycles. The first-order valence-corrected chi connectivity index (χ1v) is 3.72. The van der Waals surface area contributed by atoms with Crippen molar-refractivity contribution in [1.29, 1.82) is 0 Å². The second-order valence-corrected chi connectivity index (χ2v) is 2.03. The summed E-state index contributed by atoms with van der Waals surface area (Å²) < 4.78 is 0. The monoisotopic (exact) mass is 176 g/mol. The van der Waals surface area contributed by atoms with Crippen molar-refractivity contribution in [2.75, 3.05) is 19.6 Å². The fourth-order valence-electron chi connectivity index (χ4n) is 0.757. The number of rotatable bonds is 0. The molecule has 0 saturated carbocycles. The fraction of sp³-hybridized carbons (Fsp3) is 0.778. The van der Waals surface area contributed by atoms with E-state index in [4.69, 9.17) is 0 Å². The minimum Gasteiger partial charge on any atom is -0.459 e. The van der Waals surface area contributed by atoms with Gasteiger partial charge in [0.1, 0.15) is 6.54 Å². The average molecular weight is 176 g/mol. The summed E-state index contributed by atoms with van der Waals surface area (Å²) in [6, 6.07) is 0. The van der Waals surface area contributed by atoms with E-state index in [-0.39, 0.29) is 20.8 Å². The molecule has 3 heteroatoms. The third kappa shape index (κ3) is 7.54. The molecule has 1 fully saturated rings. The van der Waals surface area contributed by atoms with Crippen LogP contribution in [0.4, 0.5) is 0 Å². The van der Waals surface area contributed by atoms with Crippen LogP contribution in [-0.4, -0.2) is 25.5 Å². The molecule has 1 amide bonds. The number of carbonyl (C=O) groups excluding carboxylic acids is 1. The summed E-state index contributed by atoms with van der Waals surface area (Å²) in [5.74, 6) is 0.112. The number of piperazine rings is 1. The van der Waals surface area contributed by atoms with Crippen LogP contribution < -0.4 is 10.2 Å². The Morgan fingerprint density at radius 3 is 2.17 bits per heavy atom. The summed E-state index contributed by atoms with van der Waals surface area (Å²) in [4.78, 5) is 11.6. The molecule has 0 spiro atoms. The zero-order valence-corrected chi connectivity index (χ0v) is 6.74. The van der Waals surface area contributed by atoms with Gasteiger partial charge in [-0.2, -0.15) is 7.05 Å². The van der Waals surface area contributed by atoms with Crippen LogP contribution in [0.15, 0.2) is 0 Å². The van der Waals surface area contributed by atoms with Crippen LogP contribution in [0.25, 0.3) is 0 Å². The maximum atomic E-state index is 10.5. The molecule has 1 saturated heterocycles. The molecule has 76 valence electrons. The molecule has 1 atom stereocenters. The third-order valence-corrected chi connectivity index (χ3v) is 1.21. The molecule has 1 unspecified atom stereocenters. The van der Waals surface area contributed by atoms with Gasteiger partial charge in [-0.25, -0.2) is 0 Å². The van der Waals surface area contributed by atoms with Crippen molar-refractivity contribution in [2.24, 2.45) is 0 Å². The molecule has 0 aromatic carbocycles. The average Bonchev–Trinajstić information content (AvgIpc) is 1.91.